The van der Waals surface area contributed by atoms with E-state index in [4.69, 9.17) is 9.47 Å². The molecular weight excluding hydrogens is 334 g/mol. The summed E-state index contributed by atoms with van der Waals surface area (Å²) in [5.74, 6) is 0.789. The SMILES string of the molecule is FCOc1ccc2ccccc2c1-c1c(OCF)ccc2ccccc12. The van der Waals surface area contributed by atoms with E-state index in [9.17, 15) is 8.78 Å². The fourth-order valence-corrected chi connectivity index (χ4v) is 3.38. The van der Waals surface area contributed by atoms with Crippen LogP contribution in [0.3, 0.4) is 0 Å². The molecule has 0 saturated carbocycles. The summed E-state index contributed by atoms with van der Waals surface area (Å²) in [6, 6.07) is 22.7. The first-order chi connectivity index (χ1) is 12.8. The number of hydrogen-bond acceptors (Lipinski definition) is 2. The average molecular weight is 350 g/mol. The summed E-state index contributed by atoms with van der Waals surface area (Å²) in [4.78, 5) is 0. The zero-order chi connectivity index (χ0) is 17.9. The molecule has 26 heavy (non-hydrogen) atoms. The van der Waals surface area contributed by atoms with Crippen molar-refractivity contribution in [2.24, 2.45) is 0 Å². The summed E-state index contributed by atoms with van der Waals surface area (Å²) in [5, 5.41) is 3.73. The summed E-state index contributed by atoms with van der Waals surface area (Å²) in [6.07, 6.45) is 0. The van der Waals surface area contributed by atoms with Gasteiger partial charge in [0.15, 0.2) is 0 Å². The number of rotatable bonds is 5. The van der Waals surface area contributed by atoms with Gasteiger partial charge in [0.2, 0.25) is 13.7 Å². The first-order valence-electron chi connectivity index (χ1n) is 8.25. The Hall–Kier alpha value is -3.14. The molecule has 2 nitrogen and oxygen atoms in total. The third kappa shape index (κ3) is 2.73. The Morgan fingerprint density at radius 1 is 0.538 bits per heavy atom. The molecule has 0 aliphatic heterocycles. The smallest absolute Gasteiger partial charge is 0.228 e. The molecule has 0 atom stereocenters. The minimum absolute atomic E-state index is 0.395. The van der Waals surface area contributed by atoms with Crippen LogP contribution in [0.2, 0.25) is 0 Å². The molecule has 0 amide bonds. The zero-order valence-corrected chi connectivity index (χ0v) is 13.9. The van der Waals surface area contributed by atoms with Gasteiger partial charge in [-0.25, -0.2) is 8.78 Å². The van der Waals surface area contributed by atoms with Crippen molar-refractivity contribution in [3.05, 3.63) is 72.8 Å². The van der Waals surface area contributed by atoms with Crippen molar-refractivity contribution in [1.29, 1.82) is 0 Å². The third-order valence-electron chi connectivity index (χ3n) is 4.45. The van der Waals surface area contributed by atoms with E-state index in [2.05, 4.69) is 0 Å². The Labute approximate surface area is 149 Å². The highest BCUT2D eigenvalue weighted by Gasteiger charge is 2.18. The molecule has 4 aromatic rings. The fourth-order valence-electron chi connectivity index (χ4n) is 3.38. The second-order valence-electron chi connectivity index (χ2n) is 5.83. The van der Waals surface area contributed by atoms with Gasteiger partial charge >= 0.3 is 0 Å². The molecule has 0 N–H and O–H groups in total. The van der Waals surface area contributed by atoms with Gasteiger partial charge in [0.25, 0.3) is 0 Å². The van der Waals surface area contributed by atoms with Crippen LogP contribution in [0.4, 0.5) is 8.78 Å². The number of alkyl halides is 2. The molecule has 4 rings (SSSR count). The van der Waals surface area contributed by atoms with E-state index in [1.807, 2.05) is 60.7 Å². The predicted molar refractivity (Wildman–Crippen MR) is 100 cm³/mol. The molecule has 0 bridgehead atoms. The van der Waals surface area contributed by atoms with Gasteiger partial charge in [-0.2, -0.15) is 0 Å². The van der Waals surface area contributed by atoms with E-state index < -0.39 is 13.7 Å². The fraction of sp³-hybridized carbons (Fsp3) is 0.0909. The maximum absolute atomic E-state index is 13.0. The first-order valence-corrected chi connectivity index (χ1v) is 8.25. The van der Waals surface area contributed by atoms with Crippen LogP contribution in [0.15, 0.2) is 72.8 Å². The Morgan fingerprint density at radius 3 is 1.38 bits per heavy atom. The summed E-state index contributed by atoms with van der Waals surface area (Å²) in [5.41, 5.74) is 1.39. The lowest BCUT2D eigenvalue weighted by Gasteiger charge is -2.18. The lowest BCUT2D eigenvalue weighted by Crippen LogP contribution is -1.98. The van der Waals surface area contributed by atoms with Crippen molar-refractivity contribution in [2.45, 2.75) is 0 Å². The van der Waals surface area contributed by atoms with E-state index in [0.29, 0.717) is 22.6 Å². The standard InChI is InChI=1S/C22H16F2O2/c23-13-25-19-11-9-15-5-1-3-7-17(15)21(19)22-18-8-4-2-6-16(18)10-12-20(22)26-14-24/h1-12H,13-14H2. The predicted octanol–water partition coefficient (Wildman–Crippen LogP) is 6.27. The Balaban J connectivity index is 2.15. The van der Waals surface area contributed by atoms with Crippen molar-refractivity contribution in [2.75, 3.05) is 13.7 Å². The number of benzene rings is 4. The van der Waals surface area contributed by atoms with Gasteiger partial charge in [-0.3, -0.25) is 0 Å². The average Bonchev–Trinajstić information content (AvgIpc) is 2.69. The van der Waals surface area contributed by atoms with Crippen molar-refractivity contribution in [3.8, 4) is 22.6 Å². The minimum Gasteiger partial charge on any atom is -0.462 e. The van der Waals surface area contributed by atoms with Gasteiger partial charge in [0.05, 0.1) is 0 Å². The van der Waals surface area contributed by atoms with Crippen LogP contribution in [0, 0.1) is 0 Å². The first kappa shape index (κ1) is 16.3. The third-order valence-corrected chi connectivity index (χ3v) is 4.45. The van der Waals surface area contributed by atoms with Crippen LogP contribution < -0.4 is 9.47 Å². The van der Waals surface area contributed by atoms with Crippen LogP contribution in [-0.2, 0) is 0 Å². The van der Waals surface area contributed by atoms with E-state index >= 15 is 0 Å². The van der Waals surface area contributed by atoms with Crippen LogP contribution >= 0.6 is 0 Å². The second-order valence-corrected chi connectivity index (χ2v) is 5.83. The molecule has 0 aromatic heterocycles. The number of hydrogen-bond donors (Lipinski definition) is 0. The van der Waals surface area contributed by atoms with Crippen molar-refractivity contribution < 1.29 is 18.3 Å². The van der Waals surface area contributed by atoms with Crippen molar-refractivity contribution in [3.63, 3.8) is 0 Å². The maximum Gasteiger partial charge on any atom is 0.228 e. The largest absolute Gasteiger partial charge is 0.462 e. The topological polar surface area (TPSA) is 18.5 Å². The van der Waals surface area contributed by atoms with Gasteiger partial charge in [-0.1, -0.05) is 60.7 Å². The Morgan fingerprint density at radius 2 is 0.962 bits per heavy atom. The molecule has 4 heteroatoms. The van der Waals surface area contributed by atoms with Crippen LogP contribution in [-0.4, -0.2) is 13.7 Å². The van der Waals surface area contributed by atoms with Gasteiger partial charge in [-0.05, 0) is 33.7 Å². The molecule has 0 aliphatic carbocycles. The second kappa shape index (κ2) is 7.00. The zero-order valence-electron chi connectivity index (χ0n) is 13.9. The summed E-state index contributed by atoms with van der Waals surface area (Å²) >= 11 is 0. The molecule has 4 aromatic carbocycles. The van der Waals surface area contributed by atoms with Gasteiger partial charge in [0.1, 0.15) is 11.5 Å². The van der Waals surface area contributed by atoms with E-state index in [0.717, 1.165) is 21.5 Å². The maximum atomic E-state index is 13.0. The minimum atomic E-state index is -0.949. The van der Waals surface area contributed by atoms with Crippen molar-refractivity contribution in [1.82, 2.24) is 0 Å². The summed E-state index contributed by atoms with van der Waals surface area (Å²) in [6.45, 7) is -1.90. The van der Waals surface area contributed by atoms with Crippen LogP contribution in [0.5, 0.6) is 11.5 Å². The molecule has 0 heterocycles. The molecule has 0 aliphatic rings. The molecule has 0 unspecified atom stereocenters. The molecule has 0 spiro atoms. The Kier molecular flexibility index (Phi) is 4.40. The Bertz CT molecular complexity index is 989. The van der Waals surface area contributed by atoms with E-state index in [1.54, 1.807) is 12.1 Å². The number of fused-ring (bicyclic) bond motifs is 2. The van der Waals surface area contributed by atoms with E-state index in [-0.39, 0.29) is 0 Å². The van der Waals surface area contributed by atoms with Gasteiger partial charge < -0.3 is 9.47 Å². The molecular formula is C22H16F2O2. The quantitative estimate of drug-likeness (QED) is 0.422. The molecule has 0 saturated heterocycles. The highest BCUT2D eigenvalue weighted by molar-refractivity contribution is 6.09. The number of ether oxygens (including phenoxy) is 2. The van der Waals surface area contributed by atoms with Gasteiger partial charge in [0, 0.05) is 11.1 Å². The van der Waals surface area contributed by atoms with E-state index in [1.165, 1.54) is 0 Å². The monoisotopic (exact) mass is 350 g/mol. The highest BCUT2D eigenvalue weighted by Crippen LogP contribution is 2.45. The highest BCUT2D eigenvalue weighted by atomic mass is 19.1. The molecule has 0 radical (unpaired) electrons. The summed E-state index contributed by atoms with van der Waals surface area (Å²) in [7, 11) is 0. The summed E-state index contributed by atoms with van der Waals surface area (Å²) < 4.78 is 36.6. The molecule has 0 fully saturated rings. The molecule has 130 valence electrons. The lowest BCUT2D eigenvalue weighted by atomic mass is 9.92. The van der Waals surface area contributed by atoms with Crippen LogP contribution in [0.25, 0.3) is 32.7 Å². The number of halogens is 2. The normalized spacial score (nSPS) is 11.0. The van der Waals surface area contributed by atoms with Gasteiger partial charge in [-0.15, -0.1) is 0 Å². The van der Waals surface area contributed by atoms with Crippen LogP contribution in [0.1, 0.15) is 0 Å². The lowest BCUT2D eigenvalue weighted by molar-refractivity contribution is 0.190. The van der Waals surface area contributed by atoms with Crippen molar-refractivity contribution >= 4 is 21.5 Å².